The van der Waals surface area contributed by atoms with Crippen LogP contribution in [0.4, 0.5) is 13.2 Å². The number of nitrogens with zero attached hydrogens (tertiary/aromatic N) is 4. The first-order valence-corrected chi connectivity index (χ1v) is 9.17. The smallest absolute Gasteiger partial charge is 0.296 e. The lowest BCUT2D eigenvalue weighted by atomic mass is 10.1. The fraction of sp³-hybridized carbons (Fsp3) is 0.250. The second-order valence-corrected chi connectivity index (χ2v) is 6.96. The first-order valence-electron chi connectivity index (χ1n) is 9.17. The van der Waals surface area contributed by atoms with Crippen molar-refractivity contribution in [2.45, 2.75) is 18.4 Å². The van der Waals surface area contributed by atoms with E-state index in [9.17, 15) is 13.2 Å². The minimum absolute atomic E-state index is 0. The first kappa shape index (κ1) is 23.1. The Labute approximate surface area is 187 Å². The van der Waals surface area contributed by atoms with Gasteiger partial charge in [-0.3, -0.25) is 4.40 Å². The molecule has 5 rings (SSSR count). The maximum absolute atomic E-state index is 14.2. The summed E-state index contributed by atoms with van der Waals surface area (Å²) < 4.78 is 49.9. The highest BCUT2D eigenvalue weighted by Crippen LogP contribution is 2.33. The van der Waals surface area contributed by atoms with Crippen molar-refractivity contribution in [1.29, 1.82) is 0 Å². The summed E-state index contributed by atoms with van der Waals surface area (Å²) in [6.45, 7) is -0.0761. The predicted molar refractivity (Wildman–Crippen MR) is 115 cm³/mol. The molecule has 1 saturated heterocycles. The topological polar surface area (TPSA) is 64.3 Å². The molecule has 1 unspecified atom stereocenters. The Hall–Kier alpha value is -2.62. The summed E-state index contributed by atoms with van der Waals surface area (Å²) in [5.74, 6) is -3.16. The fourth-order valence-electron chi connectivity index (χ4n) is 3.51. The third-order valence-corrected chi connectivity index (χ3v) is 4.95. The molecule has 4 heterocycles. The second kappa shape index (κ2) is 8.86. The molecule has 0 amide bonds. The van der Waals surface area contributed by atoms with Gasteiger partial charge in [0, 0.05) is 24.1 Å². The van der Waals surface area contributed by atoms with Crippen LogP contribution in [0.15, 0.2) is 48.7 Å². The maximum atomic E-state index is 14.2. The van der Waals surface area contributed by atoms with E-state index in [2.05, 4.69) is 20.5 Å². The number of nitrogens with one attached hydrogen (secondary N) is 1. The Morgan fingerprint density at radius 1 is 1.10 bits per heavy atom. The molecule has 164 valence electrons. The molecule has 0 radical (unpaired) electrons. The zero-order valence-corrected chi connectivity index (χ0v) is 17.6. The molecule has 11 heteroatoms. The number of hydrogen-bond donors (Lipinski definition) is 1. The third-order valence-electron chi connectivity index (χ3n) is 4.95. The molecule has 1 N–H and O–H groups in total. The number of ether oxygens (including phenoxy) is 1. The largest absolute Gasteiger partial charge is 0.482 e. The van der Waals surface area contributed by atoms with E-state index in [4.69, 9.17) is 4.74 Å². The number of benzene rings is 1. The molecule has 1 aliphatic heterocycles. The Kier molecular flexibility index (Phi) is 6.59. The van der Waals surface area contributed by atoms with E-state index in [0.29, 0.717) is 34.6 Å². The van der Waals surface area contributed by atoms with Crippen molar-refractivity contribution in [3.63, 3.8) is 0 Å². The van der Waals surface area contributed by atoms with Crippen molar-refractivity contribution in [3.05, 3.63) is 54.5 Å². The van der Waals surface area contributed by atoms with Crippen LogP contribution in [-0.2, 0) is 0 Å². The minimum Gasteiger partial charge on any atom is -0.482 e. The van der Waals surface area contributed by atoms with Gasteiger partial charge in [-0.05, 0) is 30.8 Å². The van der Waals surface area contributed by atoms with Gasteiger partial charge in [0.25, 0.3) is 5.92 Å². The Balaban J connectivity index is 0.00000136. The molecule has 3 aromatic heterocycles. The molecule has 6 nitrogen and oxygen atoms in total. The van der Waals surface area contributed by atoms with E-state index in [0.717, 1.165) is 6.07 Å². The molecular formula is C20H18Cl2F3N5O. The predicted octanol–water partition coefficient (Wildman–Crippen LogP) is 4.30. The molecule has 0 aliphatic carbocycles. The molecule has 0 bridgehead atoms. The maximum Gasteiger partial charge on any atom is 0.296 e. The van der Waals surface area contributed by atoms with Crippen molar-refractivity contribution in [2.75, 3.05) is 13.1 Å². The Bertz CT molecular complexity index is 1220. The van der Waals surface area contributed by atoms with Crippen LogP contribution in [0.2, 0.25) is 0 Å². The molecule has 0 spiro atoms. The van der Waals surface area contributed by atoms with Gasteiger partial charge in [0.2, 0.25) is 0 Å². The van der Waals surface area contributed by atoms with Crippen molar-refractivity contribution in [2.24, 2.45) is 0 Å². The highest BCUT2D eigenvalue weighted by molar-refractivity contribution is 5.86. The number of alkyl halides is 2. The van der Waals surface area contributed by atoms with Crippen molar-refractivity contribution < 1.29 is 17.9 Å². The summed E-state index contributed by atoms with van der Waals surface area (Å²) in [6.07, 6.45) is 0.557. The second-order valence-electron chi connectivity index (χ2n) is 6.96. The minimum atomic E-state index is -3.06. The standard InChI is InChI=1S/C20H16F3N5O.2ClH/c21-13-9-12-4-5-14(19-27-26-17-3-1-2-8-28(17)19)25-18(12)15(10-13)29-16-6-7-24-11-20(16,22)23;;/h1-5,8-10,16,24H,6-7,11H2;2*1H. The van der Waals surface area contributed by atoms with Gasteiger partial charge in [-0.25, -0.2) is 18.2 Å². The van der Waals surface area contributed by atoms with Crippen molar-refractivity contribution in [1.82, 2.24) is 24.9 Å². The van der Waals surface area contributed by atoms with Gasteiger partial charge in [0.05, 0.1) is 6.54 Å². The van der Waals surface area contributed by atoms with E-state index in [-0.39, 0.29) is 37.0 Å². The molecule has 31 heavy (non-hydrogen) atoms. The van der Waals surface area contributed by atoms with Gasteiger partial charge in [-0.15, -0.1) is 35.0 Å². The average Bonchev–Trinajstić information content (AvgIpc) is 3.13. The van der Waals surface area contributed by atoms with Gasteiger partial charge in [-0.2, -0.15) is 0 Å². The monoisotopic (exact) mass is 471 g/mol. The number of piperidine rings is 1. The molecule has 1 atom stereocenters. The summed E-state index contributed by atoms with van der Waals surface area (Å²) in [5, 5.41) is 11.4. The van der Waals surface area contributed by atoms with E-state index < -0.39 is 24.4 Å². The molecular weight excluding hydrogens is 454 g/mol. The van der Waals surface area contributed by atoms with E-state index in [1.54, 1.807) is 28.8 Å². The number of rotatable bonds is 3. The van der Waals surface area contributed by atoms with Crippen molar-refractivity contribution in [3.8, 4) is 17.3 Å². The zero-order valence-electron chi connectivity index (χ0n) is 16.0. The van der Waals surface area contributed by atoms with E-state index >= 15 is 0 Å². The molecule has 4 aromatic rings. The quantitative estimate of drug-likeness (QED) is 0.482. The third kappa shape index (κ3) is 4.26. The van der Waals surface area contributed by atoms with Crippen LogP contribution in [-0.4, -0.2) is 44.7 Å². The van der Waals surface area contributed by atoms with Crippen LogP contribution < -0.4 is 10.1 Å². The fourth-order valence-corrected chi connectivity index (χ4v) is 3.51. The van der Waals surface area contributed by atoms with Crippen molar-refractivity contribution >= 4 is 41.4 Å². The lowest BCUT2D eigenvalue weighted by molar-refractivity contribution is -0.108. The van der Waals surface area contributed by atoms with Gasteiger partial charge in [0.15, 0.2) is 17.6 Å². The normalized spacial score (nSPS) is 17.7. The summed E-state index contributed by atoms with van der Waals surface area (Å²) in [4.78, 5) is 4.55. The molecule has 0 saturated carbocycles. The van der Waals surface area contributed by atoms with Crippen LogP contribution in [0.25, 0.3) is 28.1 Å². The van der Waals surface area contributed by atoms with Crippen LogP contribution >= 0.6 is 24.8 Å². The van der Waals surface area contributed by atoms with Gasteiger partial charge in [0.1, 0.15) is 22.8 Å². The average molecular weight is 472 g/mol. The van der Waals surface area contributed by atoms with Gasteiger partial charge < -0.3 is 10.1 Å². The Morgan fingerprint density at radius 3 is 2.74 bits per heavy atom. The first-order chi connectivity index (χ1) is 14.0. The number of halogens is 5. The summed E-state index contributed by atoms with van der Waals surface area (Å²) in [5.41, 5.74) is 1.42. The highest BCUT2D eigenvalue weighted by Gasteiger charge is 2.43. The van der Waals surface area contributed by atoms with Crippen LogP contribution in [0, 0.1) is 5.82 Å². The van der Waals surface area contributed by atoms with Gasteiger partial charge in [-0.1, -0.05) is 12.1 Å². The molecule has 1 aromatic carbocycles. The lowest BCUT2D eigenvalue weighted by Gasteiger charge is -2.32. The Morgan fingerprint density at radius 2 is 1.94 bits per heavy atom. The summed E-state index contributed by atoms with van der Waals surface area (Å²) >= 11 is 0. The number of pyridine rings is 2. The molecule has 1 fully saturated rings. The zero-order chi connectivity index (χ0) is 20.0. The van der Waals surface area contributed by atoms with E-state index in [1.165, 1.54) is 6.07 Å². The highest BCUT2D eigenvalue weighted by atomic mass is 35.5. The number of hydrogen-bond acceptors (Lipinski definition) is 5. The van der Waals surface area contributed by atoms with Crippen LogP contribution in [0.3, 0.4) is 0 Å². The summed E-state index contributed by atoms with van der Waals surface area (Å²) in [6, 6.07) is 11.2. The summed E-state index contributed by atoms with van der Waals surface area (Å²) in [7, 11) is 0. The number of aromatic nitrogens is 4. The van der Waals surface area contributed by atoms with Crippen LogP contribution in [0.1, 0.15) is 6.42 Å². The van der Waals surface area contributed by atoms with Gasteiger partial charge >= 0.3 is 0 Å². The van der Waals surface area contributed by atoms with E-state index in [1.807, 2.05) is 12.1 Å². The SMILES string of the molecule is Cl.Cl.Fc1cc(OC2CCNCC2(F)F)c2nc(-c3nnc4ccccn34)ccc2c1. The molecule has 1 aliphatic rings. The lowest BCUT2D eigenvalue weighted by Crippen LogP contribution is -2.52. The number of fused-ring (bicyclic) bond motifs is 2. The van der Waals surface area contributed by atoms with Crippen LogP contribution in [0.5, 0.6) is 5.75 Å².